The van der Waals surface area contributed by atoms with Gasteiger partial charge in [0, 0.05) is 17.3 Å². The molecule has 24 heavy (non-hydrogen) atoms. The number of benzene rings is 1. The molecule has 3 rings (SSSR count). The lowest BCUT2D eigenvalue weighted by Gasteiger charge is -1.99. The van der Waals surface area contributed by atoms with E-state index < -0.39 is 0 Å². The number of carbonyl (C=O) groups is 1. The first-order valence-electron chi connectivity index (χ1n) is 7.24. The van der Waals surface area contributed by atoms with Crippen molar-refractivity contribution in [1.29, 1.82) is 0 Å². The van der Waals surface area contributed by atoms with Crippen molar-refractivity contribution in [3.05, 3.63) is 77.3 Å². The molecular formula is C17H14ClN5O. The largest absolute Gasteiger partial charge is 0.347 e. The van der Waals surface area contributed by atoms with Crippen LogP contribution in [0.2, 0.25) is 5.02 Å². The molecule has 0 saturated heterocycles. The highest BCUT2D eigenvalue weighted by Crippen LogP contribution is 2.16. The van der Waals surface area contributed by atoms with Gasteiger partial charge in [0.1, 0.15) is 5.69 Å². The molecule has 1 N–H and O–H groups in total. The second-order valence-electron chi connectivity index (χ2n) is 4.94. The summed E-state index contributed by atoms with van der Waals surface area (Å²) in [6.07, 6.45) is 8.22. The number of amides is 1. The summed E-state index contributed by atoms with van der Waals surface area (Å²) in [7, 11) is 0. The van der Waals surface area contributed by atoms with Gasteiger partial charge in [-0.2, -0.15) is 0 Å². The molecule has 0 radical (unpaired) electrons. The summed E-state index contributed by atoms with van der Waals surface area (Å²) in [5.74, 6) is -0.231. The second kappa shape index (κ2) is 7.52. The molecule has 0 aliphatic rings. The minimum absolute atomic E-state index is 0.231. The molecule has 1 aromatic carbocycles. The Kier molecular flexibility index (Phi) is 4.98. The predicted octanol–water partition coefficient (Wildman–Crippen LogP) is 2.65. The third kappa shape index (κ3) is 4.05. The molecule has 1 amide bonds. The normalized spacial score (nSPS) is 10.9. The number of aromatic nitrogens is 4. The highest BCUT2D eigenvalue weighted by Gasteiger charge is 2.04. The van der Waals surface area contributed by atoms with Crippen molar-refractivity contribution in [2.45, 2.75) is 6.54 Å². The SMILES string of the molecule is O=C(C=Cc1ccccc1Cl)NCc1cn(-c2cccnc2)nn1. The van der Waals surface area contributed by atoms with Crippen LogP contribution in [-0.2, 0) is 11.3 Å². The maximum absolute atomic E-state index is 11.9. The zero-order valence-corrected chi connectivity index (χ0v) is 13.4. The first kappa shape index (κ1) is 15.9. The van der Waals surface area contributed by atoms with Crippen molar-refractivity contribution in [1.82, 2.24) is 25.3 Å². The van der Waals surface area contributed by atoms with Crippen molar-refractivity contribution in [3.63, 3.8) is 0 Å². The molecule has 2 aromatic heterocycles. The fourth-order valence-electron chi connectivity index (χ4n) is 2.01. The van der Waals surface area contributed by atoms with Crippen molar-refractivity contribution in [2.24, 2.45) is 0 Å². The van der Waals surface area contributed by atoms with Gasteiger partial charge < -0.3 is 5.32 Å². The van der Waals surface area contributed by atoms with Crippen LogP contribution in [0.25, 0.3) is 11.8 Å². The van der Waals surface area contributed by atoms with Gasteiger partial charge in [0.15, 0.2) is 0 Å². The van der Waals surface area contributed by atoms with Gasteiger partial charge in [-0.15, -0.1) is 5.10 Å². The number of nitrogens with one attached hydrogen (secondary N) is 1. The first-order valence-corrected chi connectivity index (χ1v) is 7.62. The standard InChI is InChI=1S/C17H14ClN5O/c18-16-6-2-1-4-13(16)7-8-17(24)20-10-14-12-23(22-21-14)15-5-3-9-19-11-15/h1-9,11-12H,10H2,(H,20,24). The third-order valence-electron chi connectivity index (χ3n) is 3.21. The van der Waals surface area contributed by atoms with Crippen LogP contribution in [-0.4, -0.2) is 25.9 Å². The van der Waals surface area contributed by atoms with Crippen LogP contribution in [0.4, 0.5) is 0 Å². The number of halogens is 1. The van der Waals surface area contributed by atoms with E-state index >= 15 is 0 Å². The number of hydrogen-bond acceptors (Lipinski definition) is 4. The summed E-state index contributed by atoms with van der Waals surface area (Å²) in [5.41, 5.74) is 2.25. The second-order valence-corrected chi connectivity index (χ2v) is 5.35. The van der Waals surface area contributed by atoms with E-state index in [0.29, 0.717) is 10.7 Å². The monoisotopic (exact) mass is 339 g/mol. The number of nitrogens with zero attached hydrogens (tertiary/aromatic N) is 4. The van der Waals surface area contributed by atoms with E-state index in [4.69, 9.17) is 11.6 Å². The molecule has 0 fully saturated rings. The van der Waals surface area contributed by atoms with Gasteiger partial charge in [0.2, 0.25) is 5.91 Å². The number of rotatable bonds is 5. The van der Waals surface area contributed by atoms with Crippen LogP contribution in [0.1, 0.15) is 11.3 Å². The summed E-state index contributed by atoms with van der Waals surface area (Å²) < 4.78 is 1.61. The molecule has 7 heteroatoms. The average molecular weight is 340 g/mol. The Morgan fingerprint density at radius 3 is 2.92 bits per heavy atom. The van der Waals surface area contributed by atoms with E-state index in [-0.39, 0.29) is 12.5 Å². The Morgan fingerprint density at radius 1 is 1.25 bits per heavy atom. The smallest absolute Gasteiger partial charge is 0.244 e. The topological polar surface area (TPSA) is 72.7 Å². The zero-order valence-electron chi connectivity index (χ0n) is 12.6. The quantitative estimate of drug-likeness (QED) is 0.725. The highest BCUT2D eigenvalue weighted by atomic mass is 35.5. The molecule has 0 aliphatic carbocycles. The van der Waals surface area contributed by atoms with Gasteiger partial charge in [-0.1, -0.05) is 35.0 Å². The van der Waals surface area contributed by atoms with E-state index in [0.717, 1.165) is 11.3 Å². The fourth-order valence-corrected chi connectivity index (χ4v) is 2.21. The molecule has 3 aromatic rings. The van der Waals surface area contributed by atoms with Gasteiger partial charge in [-0.05, 0) is 29.8 Å². The number of pyridine rings is 1. The third-order valence-corrected chi connectivity index (χ3v) is 3.56. The molecule has 0 bridgehead atoms. The Morgan fingerprint density at radius 2 is 2.12 bits per heavy atom. The number of carbonyl (C=O) groups excluding carboxylic acids is 1. The van der Waals surface area contributed by atoms with E-state index in [2.05, 4.69) is 20.6 Å². The van der Waals surface area contributed by atoms with E-state index in [1.54, 1.807) is 35.4 Å². The van der Waals surface area contributed by atoms with Crippen molar-refractivity contribution in [2.75, 3.05) is 0 Å². The fraction of sp³-hybridized carbons (Fsp3) is 0.0588. The maximum Gasteiger partial charge on any atom is 0.244 e. The molecule has 0 spiro atoms. The lowest BCUT2D eigenvalue weighted by atomic mass is 10.2. The van der Waals surface area contributed by atoms with Gasteiger partial charge in [0.25, 0.3) is 0 Å². The van der Waals surface area contributed by atoms with Crippen molar-refractivity contribution in [3.8, 4) is 5.69 Å². The zero-order chi connectivity index (χ0) is 16.8. The highest BCUT2D eigenvalue weighted by molar-refractivity contribution is 6.32. The van der Waals surface area contributed by atoms with Crippen LogP contribution >= 0.6 is 11.6 Å². The van der Waals surface area contributed by atoms with Crippen LogP contribution < -0.4 is 5.32 Å². The van der Waals surface area contributed by atoms with Gasteiger partial charge in [0.05, 0.1) is 24.6 Å². The summed E-state index contributed by atoms with van der Waals surface area (Å²) in [5, 5.41) is 11.4. The van der Waals surface area contributed by atoms with Crippen molar-refractivity contribution >= 4 is 23.6 Å². The Labute approximate surface area is 143 Å². The van der Waals surface area contributed by atoms with Gasteiger partial charge in [-0.25, -0.2) is 4.68 Å². The Hall–Kier alpha value is -2.99. The molecule has 0 unspecified atom stereocenters. The molecule has 2 heterocycles. The van der Waals surface area contributed by atoms with Crippen LogP contribution in [0.3, 0.4) is 0 Å². The molecule has 6 nitrogen and oxygen atoms in total. The van der Waals surface area contributed by atoms with Gasteiger partial charge in [-0.3, -0.25) is 9.78 Å². The number of hydrogen-bond donors (Lipinski definition) is 1. The molecule has 0 aliphatic heterocycles. The minimum atomic E-state index is -0.231. The minimum Gasteiger partial charge on any atom is -0.347 e. The van der Waals surface area contributed by atoms with E-state index in [1.165, 1.54) is 6.08 Å². The lowest BCUT2D eigenvalue weighted by Crippen LogP contribution is -2.20. The molecule has 0 atom stereocenters. The lowest BCUT2D eigenvalue weighted by molar-refractivity contribution is -0.116. The average Bonchev–Trinajstić information content (AvgIpc) is 3.09. The maximum atomic E-state index is 11.9. The summed E-state index contributed by atoms with van der Waals surface area (Å²) in [6.45, 7) is 0.284. The van der Waals surface area contributed by atoms with E-state index in [9.17, 15) is 4.79 Å². The summed E-state index contributed by atoms with van der Waals surface area (Å²) in [4.78, 5) is 15.9. The first-order chi connectivity index (χ1) is 11.7. The van der Waals surface area contributed by atoms with Crippen molar-refractivity contribution < 1.29 is 4.79 Å². The summed E-state index contributed by atoms with van der Waals surface area (Å²) in [6, 6.07) is 11.0. The Balaban J connectivity index is 1.57. The Bertz CT molecular complexity index is 860. The van der Waals surface area contributed by atoms with Crippen LogP contribution in [0.5, 0.6) is 0 Å². The molecule has 120 valence electrons. The summed E-state index contributed by atoms with van der Waals surface area (Å²) >= 11 is 6.03. The van der Waals surface area contributed by atoms with E-state index in [1.807, 2.05) is 30.3 Å². The molecular weight excluding hydrogens is 326 g/mol. The van der Waals surface area contributed by atoms with Gasteiger partial charge >= 0.3 is 0 Å². The predicted molar refractivity (Wildman–Crippen MR) is 91.5 cm³/mol. The van der Waals surface area contributed by atoms with Crippen LogP contribution in [0.15, 0.2) is 61.1 Å². The molecule has 0 saturated carbocycles. The van der Waals surface area contributed by atoms with Crippen LogP contribution in [0, 0.1) is 0 Å².